The molecule has 3 aromatic rings. The Hall–Kier alpha value is -3.15. The molecule has 2 aromatic carbocycles. The number of aromatic nitrogens is 1. The Bertz CT molecular complexity index is 960. The lowest BCUT2D eigenvalue weighted by Crippen LogP contribution is -2.50. The van der Waals surface area contributed by atoms with Crippen molar-refractivity contribution < 1.29 is 14.0 Å². The van der Waals surface area contributed by atoms with Crippen molar-refractivity contribution in [3.05, 3.63) is 66.1 Å². The summed E-state index contributed by atoms with van der Waals surface area (Å²) in [6, 6.07) is 14.1. The molecular weight excluding hydrogens is 333 g/mol. The fraction of sp³-hybridized carbons (Fsp3) is 0.200. The number of nitrogens with one attached hydrogen (secondary N) is 1. The molecule has 132 valence electrons. The minimum absolute atomic E-state index is 0.287. The second-order valence-corrected chi connectivity index (χ2v) is 6.34. The Labute approximate surface area is 150 Å². The summed E-state index contributed by atoms with van der Waals surface area (Å²) in [4.78, 5) is 31.9. The van der Waals surface area contributed by atoms with Crippen molar-refractivity contribution >= 4 is 28.3 Å². The van der Waals surface area contributed by atoms with Gasteiger partial charge in [0, 0.05) is 49.0 Å². The molecule has 0 spiro atoms. The van der Waals surface area contributed by atoms with Gasteiger partial charge in [0.1, 0.15) is 5.82 Å². The van der Waals surface area contributed by atoms with Gasteiger partial charge in [-0.3, -0.25) is 9.59 Å². The van der Waals surface area contributed by atoms with Crippen molar-refractivity contribution in [1.82, 2.24) is 9.88 Å². The van der Waals surface area contributed by atoms with Crippen LogP contribution in [0.2, 0.25) is 0 Å². The maximum absolute atomic E-state index is 13.3. The predicted molar refractivity (Wildman–Crippen MR) is 97.8 cm³/mol. The van der Waals surface area contributed by atoms with E-state index in [-0.39, 0.29) is 11.4 Å². The standard InChI is InChI=1S/C20H18FN3O2/c21-14-6-7-16-17(13-22-18(16)12-14)19(25)20(26)24-10-8-23(9-11-24)15-4-2-1-3-5-15/h1-7,12-13,22H,8-11H2. The number of halogens is 1. The minimum Gasteiger partial charge on any atom is -0.368 e. The zero-order valence-electron chi connectivity index (χ0n) is 14.1. The van der Waals surface area contributed by atoms with Crippen LogP contribution in [0.5, 0.6) is 0 Å². The van der Waals surface area contributed by atoms with Crippen molar-refractivity contribution in [2.75, 3.05) is 31.1 Å². The van der Waals surface area contributed by atoms with Crippen LogP contribution in [-0.2, 0) is 4.79 Å². The largest absolute Gasteiger partial charge is 0.368 e. The lowest BCUT2D eigenvalue weighted by Gasteiger charge is -2.35. The molecule has 1 N–H and O–H groups in total. The molecule has 1 aliphatic rings. The third kappa shape index (κ3) is 2.94. The summed E-state index contributed by atoms with van der Waals surface area (Å²) >= 11 is 0. The van der Waals surface area contributed by atoms with E-state index in [0.717, 1.165) is 5.69 Å². The van der Waals surface area contributed by atoms with E-state index < -0.39 is 11.7 Å². The number of nitrogens with zero attached hydrogens (tertiary/aromatic N) is 2. The number of hydrogen-bond acceptors (Lipinski definition) is 3. The molecule has 1 fully saturated rings. The van der Waals surface area contributed by atoms with E-state index >= 15 is 0 Å². The van der Waals surface area contributed by atoms with Crippen LogP contribution in [0.4, 0.5) is 10.1 Å². The van der Waals surface area contributed by atoms with Crippen molar-refractivity contribution in [3.8, 4) is 0 Å². The minimum atomic E-state index is -0.559. The fourth-order valence-corrected chi connectivity index (χ4v) is 3.35. The van der Waals surface area contributed by atoms with Crippen molar-refractivity contribution in [1.29, 1.82) is 0 Å². The number of benzene rings is 2. The van der Waals surface area contributed by atoms with Gasteiger partial charge in [-0.05, 0) is 30.3 Å². The van der Waals surface area contributed by atoms with E-state index in [4.69, 9.17) is 0 Å². The summed E-state index contributed by atoms with van der Waals surface area (Å²) < 4.78 is 13.3. The van der Waals surface area contributed by atoms with Gasteiger partial charge >= 0.3 is 0 Å². The molecule has 2 heterocycles. The Morgan fingerprint density at radius 2 is 1.69 bits per heavy atom. The Balaban J connectivity index is 1.47. The number of carbonyl (C=O) groups excluding carboxylic acids is 2. The Morgan fingerprint density at radius 3 is 2.42 bits per heavy atom. The molecule has 6 heteroatoms. The van der Waals surface area contributed by atoms with Crippen LogP contribution in [0, 0.1) is 5.82 Å². The van der Waals surface area contributed by atoms with Crippen molar-refractivity contribution in [2.45, 2.75) is 0 Å². The maximum Gasteiger partial charge on any atom is 0.295 e. The molecule has 0 saturated carbocycles. The van der Waals surface area contributed by atoms with Gasteiger partial charge in [0.05, 0.1) is 5.56 Å². The lowest BCUT2D eigenvalue weighted by atomic mass is 10.1. The van der Waals surface area contributed by atoms with Gasteiger partial charge in [-0.25, -0.2) is 4.39 Å². The highest BCUT2D eigenvalue weighted by Gasteiger charge is 2.28. The summed E-state index contributed by atoms with van der Waals surface area (Å²) in [5.74, 6) is -1.46. The van der Waals surface area contributed by atoms with Gasteiger partial charge in [0.25, 0.3) is 11.7 Å². The lowest BCUT2D eigenvalue weighted by molar-refractivity contribution is -0.126. The number of fused-ring (bicyclic) bond motifs is 1. The summed E-state index contributed by atoms with van der Waals surface area (Å²) in [5.41, 5.74) is 1.91. The Morgan fingerprint density at radius 1 is 0.962 bits per heavy atom. The van der Waals surface area contributed by atoms with E-state index in [0.29, 0.717) is 37.1 Å². The predicted octanol–water partition coefficient (Wildman–Crippen LogP) is 2.84. The van der Waals surface area contributed by atoms with Crippen LogP contribution < -0.4 is 4.90 Å². The first-order valence-corrected chi connectivity index (χ1v) is 8.54. The fourth-order valence-electron chi connectivity index (χ4n) is 3.35. The first kappa shape index (κ1) is 16.3. The zero-order chi connectivity index (χ0) is 18.1. The van der Waals surface area contributed by atoms with Crippen molar-refractivity contribution in [3.63, 3.8) is 0 Å². The summed E-state index contributed by atoms with van der Waals surface area (Å²) in [6.45, 7) is 2.36. The van der Waals surface area contributed by atoms with E-state index in [9.17, 15) is 14.0 Å². The second kappa shape index (κ2) is 6.63. The molecule has 0 radical (unpaired) electrons. The molecule has 0 atom stereocenters. The van der Waals surface area contributed by atoms with Gasteiger partial charge in [0.2, 0.25) is 0 Å². The molecule has 0 aliphatic carbocycles. The van der Waals surface area contributed by atoms with Gasteiger partial charge in [0.15, 0.2) is 0 Å². The van der Waals surface area contributed by atoms with E-state index in [1.54, 1.807) is 4.90 Å². The van der Waals surface area contributed by atoms with Crippen molar-refractivity contribution in [2.24, 2.45) is 0 Å². The third-order valence-corrected chi connectivity index (χ3v) is 4.77. The highest BCUT2D eigenvalue weighted by atomic mass is 19.1. The van der Waals surface area contributed by atoms with E-state index in [2.05, 4.69) is 9.88 Å². The number of para-hydroxylation sites is 1. The number of aromatic amines is 1. The number of carbonyl (C=O) groups is 2. The van der Waals surface area contributed by atoms with Crippen LogP contribution in [0.3, 0.4) is 0 Å². The van der Waals surface area contributed by atoms with Gasteiger partial charge in [-0.2, -0.15) is 0 Å². The average Bonchev–Trinajstić information content (AvgIpc) is 3.10. The average molecular weight is 351 g/mol. The molecule has 0 unspecified atom stereocenters. The molecule has 5 nitrogen and oxygen atoms in total. The summed E-state index contributed by atoms with van der Waals surface area (Å²) in [6.07, 6.45) is 1.48. The Kier molecular flexibility index (Phi) is 4.16. The number of rotatable bonds is 3. The molecule has 26 heavy (non-hydrogen) atoms. The third-order valence-electron chi connectivity index (χ3n) is 4.77. The van der Waals surface area contributed by atoms with Crippen LogP contribution >= 0.6 is 0 Å². The first-order valence-electron chi connectivity index (χ1n) is 8.54. The van der Waals surface area contributed by atoms with Gasteiger partial charge in [-0.1, -0.05) is 18.2 Å². The highest BCUT2D eigenvalue weighted by Crippen LogP contribution is 2.21. The van der Waals surface area contributed by atoms with Crippen LogP contribution in [0.15, 0.2) is 54.7 Å². The second-order valence-electron chi connectivity index (χ2n) is 6.34. The monoisotopic (exact) mass is 351 g/mol. The normalized spacial score (nSPS) is 14.7. The summed E-state index contributed by atoms with van der Waals surface area (Å²) in [5, 5.41) is 0.563. The molecule has 1 aliphatic heterocycles. The van der Waals surface area contributed by atoms with Crippen LogP contribution in [-0.4, -0.2) is 47.8 Å². The quantitative estimate of drug-likeness (QED) is 0.583. The number of ketones is 1. The number of anilines is 1. The molecule has 0 bridgehead atoms. The topological polar surface area (TPSA) is 56.4 Å². The number of hydrogen-bond donors (Lipinski definition) is 1. The molecule has 4 rings (SSSR count). The first-order chi connectivity index (χ1) is 12.6. The molecule has 1 aromatic heterocycles. The number of Topliss-reactive ketones (excluding diaryl/α,β-unsaturated/α-hetero) is 1. The van der Waals surface area contributed by atoms with E-state index in [1.807, 2.05) is 30.3 Å². The zero-order valence-corrected chi connectivity index (χ0v) is 14.1. The number of amides is 1. The summed E-state index contributed by atoms with van der Waals surface area (Å²) in [7, 11) is 0. The SMILES string of the molecule is O=C(C(=O)N1CCN(c2ccccc2)CC1)c1c[nH]c2cc(F)ccc12. The smallest absolute Gasteiger partial charge is 0.295 e. The van der Waals surface area contributed by atoms with Gasteiger partial charge < -0.3 is 14.8 Å². The molecular formula is C20H18FN3O2. The van der Waals surface area contributed by atoms with Crippen LogP contribution in [0.25, 0.3) is 10.9 Å². The number of piperazine rings is 1. The molecule has 1 saturated heterocycles. The van der Waals surface area contributed by atoms with E-state index in [1.165, 1.54) is 24.4 Å². The van der Waals surface area contributed by atoms with Gasteiger partial charge in [-0.15, -0.1) is 0 Å². The molecule has 1 amide bonds. The highest BCUT2D eigenvalue weighted by molar-refractivity contribution is 6.44. The maximum atomic E-state index is 13.3. The van der Waals surface area contributed by atoms with Crippen LogP contribution in [0.1, 0.15) is 10.4 Å². The number of H-pyrrole nitrogens is 1.